The van der Waals surface area contributed by atoms with Crippen molar-refractivity contribution in [3.8, 4) is 0 Å². The van der Waals surface area contributed by atoms with Crippen LogP contribution >= 0.6 is 0 Å². The number of amides is 1. The van der Waals surface area contributed by atoms with E-state index in [0.717, 1.165) is 0 Å². The normalized spacial score (nSPS) is 12.2. The number of pyridine rings is 1. The number of rotatable bonds is 3. The zero-order valence-electron chi connectivity index (χ0n) is 7.53. The molecule has 0 saturated carbocycles. The second kappa shape index (κ2) is 4.57. The van der Waals surface area contributed by atoms with Crippen LogP contribution in [0.3, 0.4) is 0 Å². The van der Waals surface area contributed by atoms with Crippen LogP contribution in [0.2, 0.25) is 0 Å². The minimum absolute atomic E-state index is 0.193. The third-order valence-corrected chi connectivity index (χ3v) is 1.69. The molecule has 1 amide bonds. The first-order valence-electron chi connectivity index (χ1n) is 4.21. The van der Waals surface area contributed by atoms with Gasteiger partial charge in [-0.15, -0.1) is 0 Å². The van der Waals surface area contributed by atoms with Gasteiger partial charge in [0.25, 0.3) is 0 Å². The minimum atomic E-state index is -0.456. The third-order valence-electron chi connectivity index (χ3n) is 1.69. The van der Waals surface area contributed by atoms with Crippen LogP contribution in [0.4, 0.5) is 5.82 Å². The molecule has 4 heteroatoms. The van der Waals surface area contributed by atoms with Crippen molar-refractivity contribution in [3.05, 3.63) is 24.4 Å². The summed E-state index contributed by atoms with van der Waals surface area (Å²) >= 11 is 0. The zero-order chi connectivity index (χ0) is 9.68. The van der Waals surface area contributed by atoms with Crippen molar-refractivity contribution >= 4 is 11.7 Å². The second-order valence-corrected chi connectivity index (χ2v) is 2.72. The molecular weight excluding hydrogens is 166 g/mol. The Hall–Kier alpha value is -1.42. The molecule has 0 spiro atoms. The Morgan fingerprint density at radius 2 is 2.46 bits per heavy atom. The molecule has 0 aliphatic carbocycles. The molecule has 0 unspecified atom stereocenters. The molecule has 0 radical (unpaired) electrons. The van der Waals surface area contributed by atoms with Gasteiger partial charge >= 0.3 is 0 Å². The lowest BCUT2D eigenvalue weighted by molar-refractivity contribution is -0.117. The van der Waals surface area contributed by atoms with E-state index in [1.165, 1.54) is 0 Å². The Balaban J connectivity index is 2.55. The second-order valence-electron chi connectivity index (χ2n) is 2.72. The van der Waals surface area contributed by atoms with Crippen molar-refractivity contribution in [2.75, 3.05) is 5.32 Å². The van der Waals surface area contributed by atoms with Gasteiger partial charge in [-0.25, -0.2) is 4.98 Å². The molecule has 70 valence electrons. The number of carbonyl (C=O) groups is 1. The predicted octanol–water partition coefficient (Wildman–Crippen LogP) is 0.757. The molecule has 4 nitrogen and oxygen atoms in total. The van der Waals surface area contributed by atoms with E-state index in [9.17, 15) is 4.79 Å². The van der Waals surface area contributed by atoms with Crippen LogP contribution in [-0.2, 0) is 4.79 Å². The van der Waals surface area contributed by atoms with Gasteiger partial charge in [0, 0.05) is 6.20 Å². The topological polar surface area (TPSA) is 68.0 Å². The van der Waals surface area contributed by atoms with E-state index >= 15 is 0 Å². The van der Waals surface area contributed by atoms with Crippen LogP contribution in [-0.4, -0.2) is 16.9 Å². The molecule has 1 heterocycles. The largest absolute Gasteiger partial charge is 0.320 e. The van der Waals surface area contributed by atoms with Gasteiger partial charge in [0.05, 0.1) is 6.04 Å². The van der Waals surface area contributed by atoms with Gasteiger partial charge < -0.3 is 11.1 Å². The highest BCUT2D eigenvalue weighted by Crippen LogP contribution is 2.00. The number of nitrogens with two attached hydrogens (primary N) is 1. The maximum atomic E-state index is 11.3. The van der Waals surface area contributed by atoms with Gasteiger partial charge in [-0.2, -0.15) is 0 Å². The molecule has 0 aliphatic heterocycles. The standard InChI is InChI=1S/C9H13N3O/c1-2-7(10)9(13)12-8-5-3-4-6-11-8/h3-7H,2,10H2,1H3,(H,11,12,13)/t7-/m0/s1. The third kappa shape index (κ3) is 2.83. The summed E-state index contributed by atoms with van der Waals surface area (Å²) in [6, 6.07) is 4.86. The first-order chi connectivity index (χ1) is 6.24. The number of nitrogens with one attached hydrogen (secondary N) is 1. The molecule has 1 rings (SSSR count). The van der Waals surface area contributed by atoms with Gasteiger partial charge in [0.15, 0.2) is 0 Å². The highest BCUT2D eigenvalue weighted by atomic mass is 16.2. The first kappa shape index (κ1) is 9.67. The van der Waals surface area contributed by atoms with E-state index in [-0.39, 0.29) is 5.91 Å². The quantitative estimate of drug-likeness (QED) is 0.719. The van der Waals surface area contributed by atoms with Crippen LogP contribution in [0.1, 0.15) is 13.3 Å². The Kier molecular flexibility index (Phi) is 3.40. The fourth-order valence-corrected chi connectivity index (χ4v) is 0.841. The van der Waals surface area contributed by atoms with E-state index in [1.54, 1.807) is 24.4 Å². The molecule has 0 bridgehead atoms. The van der Waals surface area contributed by atoms with Crippen LogP contribution in [0.5, 0.6) is 0 Å². The maximum absolute atomic E-state index is 11.3. The zero-order valence-corrected chi connectivity index (χ0v) is 7.53. The highest BCUT2D eigenvalue weighted by Gasteiger charge is 2.10. The summed E-state index contributed by atoms with van der Waals surface area (Å²) in [4.78, 5) is 15.2. The fraction of sp³-hybridized carbons (Fsp3) is 0.333. The number of anilines is 1. The number of carbonyl (C=O) groups excluding carboxylic acids is 1. The average Bonchev–Trinajstić information content (AvgIpc) is 2.18. The van der Waals surface area contributed by atoms with Crippen molar-refractivity contribution in [1.29, 1.82) is 0 Å². The molecule has 0 fully saturated rings. The SMILES string of the molecule is CC[C@H](N)C(=O)Nc1ccccn1. The Bertz CT molecular complexity index is 273. The highest BCUT2D eigenvalue weighted by molar-refractivity contribution is 5.93. The van der Waals surface area contributed by atoms with E-state index in [2.05, 4.69) is 10.3 Å². The van der Waals surface area contributed by atoms with Crippen molar-refractivity contribution in [1.82, 2.24) is 4.98 Å². The summed E-state index contributed by atoms with van der Waals surface area (Å²) in [6.45, 7) is 1.86. The monoisotopic (exact) mass is 179 g/mol. The van der Waals surface area contributed by atoms with Crippen LogP contribution < -0.4 is 11.1 Å². The van der Waals surface area contributed by atoms with Crippen molar-refractivity contribution in [2.45, 2.75) is 19.4 Å². The summed E-state index contributed by atoms with van der Waals surface area (Å²) in [5.41, 5.74) is 5.52. The lowest BCUT2D eigenvalue weighted by atomic mass is 10.2. The number of hydrogen-bond acceptors (Lipinski definition) is 3. The molecule has 0 saturated heterocycles. The van der Waals surface area contributed by atoms with Gasteiger partial charge in [-0.3, -0.25) is 4.79 Å². The van der Waals surface area contributed by atoms with E-state index in [0.29, 0.717) is 12.2 Å². The minimum Gasteiger partial charge on any atom is -0.320 e. The summed E-state index contributed by atoms with van der Waals surface area (Å²) in [5, 5.41) is 2.62. The Labute approximate surface area is 77.2 Å². The molecule has 0 aromatic carbocycles. The first-order valence-corrected chi connectivity index (χ1v) is 4.21. The maximum Gasteiger partial charge on any atom is 0.242 e. The van der Waals surface area contributed by atoms with Gasteiger partial charge in [-0.05, 0) is 18.6 Å². The number of aromatic nitrogens is 1. The lowest BCUT2D eigenvalue weighted by Gasteiger charge is -2.08. The lowest BCUT2D eigenvalue weighted by Crippen LogP contribution is -2.35. The van der Waals surface area contributed by atoms with Crippen LogP contribution in [0, 0.1) is 0 Å². The molecule has 1 atom stereocenters. The molecule has 0 aliphatic rings. The molecule has 13 heavy (non-hydrogen) atoms. The molecule has 1 aromatic heterocycles. The fourth-order valence-electron chi connectivity index (χ4n) is 0.841. The number of nitrogens with zero attached hydrogens (tertiary/aromatic N) is 1. The summed E-state index contributed by atoms with van der Waals surface area (Å²) in [7, 11) is 0. The van der Waals surface area contributed by atoms with E-state index in [1.807, 2.05) is 6.92 Å². The van der Waals surface area contributed by atoms with Gasteiger partial charge in [0.2, 0.25) is 5.91 Å². The smallest absolute Gasteiger partial charge is 0.242 e. The molecule has 3 N–H and O–H groups in total. The average molecular weight is 179 g/mol. The van der Waals surface area contributed by atoms with Crippen LogP contribution in [0.15, 0.2) is 24.4 Å². The molecule has 1 aromatic rings. The van der Waals surface area contributed by atoms with Crippen molar-refractivity contribution in [3.63, 3.8) is 0 Å². The van der Waals surface area contributed by atoms with E-state index in [4.69, 9.17) is 5.73 Å². The van der Waals surface area contributed by atoms with Crippen LogP contribution in [0.25, 0.3) is 0 Å². The van der Waals surface area contributed by atoms with E-state index < -0.39 is 6.04 Å². The van der Waals surface area contributed by atoms with Gasteiger partial charge in [-0.1, -0.05) is 13.0 Å². The van der Waals surface area contributed by atoms with Gasteiger partial charge in [0.1, 0.15) is 5.82 Å². The summed E-state index contributed by atoms with van der Waals surface area (Å²) in [5.74, 6) is 0.345. The predicted molar refractivity (Wildman–Crippen MR) is 51.1 cm³/mol. The summed E-state index contributed by atoms with van der Waals surface area (Å²) < 4.78 is 0. The molecular formula is C9H13N3O. The Morgan fingerprint density at radius 1 is 1.69 bits per heavy atom. The Morgan fingerprint density at radius 3 is 3.00 bits per heavy atom. The van der Waals surface area contributed by atoms with Crippen molar-refractivity contribution in [2.24, 2.45) is 5.73 Å². The number of hydrogen-bond donors (Lipinski definition) is 2. The van der Waals surface area contributed by atoms with Crippen molar-refractivity contribution < 1.29 is 4.79 Å². The summed E-state index contributed by atoms with van der Waals surface area (Å²) in [6.07, 6.45) is 2.24.